The third-order valence-electron chi connectivity index (χ3n) is 6.40. The fraction of sp³-hybridized carbons (Fsp3) is 0.462. The lowest BCUT2D eigenvalue weighted by Crippen LogP contribution is -2.52. The van der Waals surface area contributed by atoms with Crippen LogP contribution in [0.1, 0.15) is 32.1 Å². The molecule has 2 fully saturated rings. The minimum absolute atomic E-state index is 0.000456. The number of nitrogens with one attached hydrogen (secondary N) is 2. The molecule has 0 aromatic heterocycles. The van der Waals surface area contributed by atoms with Crippen molar-refractivity contribution in [1.29, 1.82) is 0 Å². The summed E-state index contributed by atoms with van der Waals surface area (Å²) in [6.07, 6.45) is 2.17. The van der Waals surface area contributed by atoms with E-state index in [1.807, 2.05) is 54.6 Å². The van der Waals surface area contributed by atoms with Gasteiger partial charge in [-0.3, -0.25) is 9.59 Å². The van der Waals surface area contributed by atoms with Gasteiger partial charge in [-0.25, -0.2) is 0 Å². The van der Waals surface area contributed by atoms with Crippen LogP contribution >= 0.6 is 0 Å². The molecule has 2 aromatic carbocycles. The lowest BCUT2D eigenvalue weighted by atomic mass is 9.94. The highest BCUT2D eigenvalue weighted by Gasteiger charge is 2.34. The molecule has 7 heteroatoms. The molecule has 176 valence electrons. The number of ether oxygens (including phenoxy) is 2. The third-order valence-corrected chi connectivity index (χ3v) is 6.40. The van der Waals surface area contributed by atoms with Crippen LogP contribution in [0.5, 0.6) is 0 Å². The Bertz CT molecular complexity index is 912. The number of carbonyl (C=O) groups is 2. The smallest absolute Gasteiger partial charge is 0.226 e. The van der Waals surface area contributed by atoms with Gasteiger partial charge in [-0.2, -0.15) is 0 Å². The number of rotatable bonds is 7. The molecule has 3 N–H and O–H groups in total. The molecule has 0 aliphatic carbocycles. The van der Waals surface area contributed by atoms with Gasteiger partial charge >= 0.3 is 0 Å². The first-order valence-corrected chi connectivity index (χ1v) is 11.7. The summed E-state index contributed by atoms with van der Waals surface area (Å²) in [6.45, 7) is 1.02. The molecule has 0 radical (unpaired) electrons. The van der Waals surface area contributed by atoms with Crippen LogP contribution in [0.25, 0.3) is 11.1 Å². The molecule has 2 aromatic rings. The zero-order valence-electron chi connectivity index (χ0n) is 18.7. The van der Waals surface area contributed by atoms with Crippen LogP contribution in [0.15, 0.2) is 54.6 Å². The van der Waals surface area contributed by atoms with E-state index in [1.165, 1.54) is 0 Å². The highest BCUT2D eigenvalue weighted by atomic mass is 16.5. The van der Waals surface area contributed by atoms with E-state index in [9.17, 15) is 14.7 Å². The van der Waals surface area contributed by atoms with Crippen molar-refractivity contribution in [3.8, 4) is 11.1 Å². The Balaban J connectivity index is 1.25. The Morgan fingerprint density at radius 3 is 2.30 bits per heavy atom. The van der Waals surface area contributed by atoms with E-state index >= 15 is 0 Å². The molecule has 0 saturated carbocycles. The number of aliphatic hydroxyl groups excluding tert-OH is 1. The van der Waals surface area contributed by atoms with Crippen LogP contribution in [0, 0.1) is 5.92 Å². The van der Waals surface area contributed by atoms with E-state index in [-0.39, 0.29) is 42.9 Å². The number of carbonyl (C=O) groups excluding carboxylic acids is 2. The Morgan fingerprint density at radius 1 is 0.909 bits per heavy atom. The van der Waals surface area contributed by atoms with Crippen LogP contribution in [-0.2, 0) is 19.1 Å². The van der Waals surface area contributed by atoms with E-state index in [0.717, 1.165) is 29.7 Å². The molecule has 2 amide bonds. The predicted octanol–water partition coefficient (Wildman–Crippen LogP) is 3.13. The van der Waals surface area contributed by atoms with Crippen molar-refractivity contribution in [1.82, 2.24) is 5.32 Å². The van der Waals surface area contributed by atoms with Gasteiger partial charge in [0.25, 0.3) is 0 Å². The van der Waals surface area contributed by atoms with Crippen LogP contribution < -0.4 is 10.6 Å². The second-order valence-corrected chi connectivity index (χ2v) is 8.75. The molecular weight excluding hydrogens is 420 g/mol. The molecule has 2 aliphatic heterocycles. The van der Waals surface area contributed by atoms with Gasteiger partial charge in [0.1, 0.15) is 6.10 Å². The number of amides is 2. The summed E-state index contributed by atoms with van der Waals surface area (Å²) in [5.74, 6) is -0.177. The molecule has 33 heavy (non-hydrogen) atoms. The molecule has 7 nitrogen and oxygen atoms in total. The maximum absolute atomic E-state index is 12.6. The lowest BCUT2D eigenvalue weighted by molar-refractivity contribution is -0.137. The van der Waals surface area contributed by atoms with Gasteiger partial charge in [0.05, 0.1) is 25.2 Å². The van der Waals surface area contributed by atoms with Crippen molar-refractivity contribution in [2.45, 2.75) is 50.4 Å². The quantitative estimate of drug-likeness (QED) is 0.600. The molecule has 0 spiro atoms. The van der Waals surface area contributed by atoms with Gasteiger partial charge in [0, 0.05) is 24.8 Å². The highest BCUT2D eigenvalue weighted by molar-refractivity contribution is 5.91. The van der Waals surface area contributed by atoms with Crippen LogP contribution in [0.2, 0.25) is 0 Å². The van der Waals surface area contributed by atoms with Crippen LogP contribution in [-0.4, -0.2) is 55.0 Å². The molecule has 4 rings (SSSR count). The van der Waals surface area contributed by atoms with Crippen molar-refractivity contribution in [3.05, 3.63) is 54.6 Å². The minimum atomic E-state index is -0.509. The molecule has 3 atom stereocenters. The summed E-state index contributed by atoms with van der Waals surface area (Å²) in [5.41, 5.74) is 2.94. The molecule has 2 heterocycles. The highest BCUT2D eigenvalue weighted by Crippen LogP contribution is 2.25. The van der Waals surface area contributed by atoms with Crippen molar-refractivity contribution < 1.29 is 24.2 Å². The Kier molecular flexibility index (Phi) is 8.10. The van der Waals surface area contributed by atoms with Crippen molar-refractivity contribution >= 4 is 17.5 Å². The summed E-state index contributed by atoms with van der Waals surface area (Å²) in [7, 11) is 0. The number of anilines is 1. The molecule has 2 saturated heterocycles. The van der Waals surface area contributed by atoms with Gasteiger partial charge in [-0.05, 0) is 48.9 Å². The summed E-state index contributed by atoms with van der Waals surface area (Å²) in [6, 6.07) is 17.6. The maximum Gasteiger partial charge on any atom is 0.226 e. The molecule has 0 bridgehead atoms. The second-order valence-electron chi connectivity index (χ2n) is 8.75. The molecular formula is C26H32N2O5. The average Bonchev–Trinajstić information content (AvgIpc) is 2.86. The fourth-order valence-electron chi connectivity index (χ4n) is 4.50. The standard InChI is InChI=1S/C26H32N2O5/c29-17-24-23(28-26(31)20-12-14-32-15-13-20)11-10-22(33-24)16-25(30)27-21-8-6-19(7-9-21)18-4-2-1-3-5-18/h1-9,20,22-24,29H,10-17H2,(H,27,30)(H,28,31)/t22-,23-,24+/m1/s1. The van der Waals surface area contributed by atoms with Crippen molar-refractivity contribution in [2.24, 2.45) is 5.92 Å². The average molecular weight is 453 g/mol. The van der Waals surface area contributed by atoms with Gasteiger partial charge in [0.2, 0.25) is 11.8 Å². The summed E-state index contributed by atoms with van der Waals surface area (Å²) >= 11 is 0. The number of aliphatic hydroxyl groups is 1. The van der Waals surface area contributed by atoms with Crippen LogP contribution in [0.3, 0.4) is 0 Å². The largest absolute Gasteiger partial charge is 0.394 e. The van der Waals surface area contributed by atoms with E-state index in [0.29, 0.717) is 26.1 Å². The molecule has 0 unspecified atom stereocenters. The first kappa shape index (κ1) is 23.4. The lowest BCUT2D eigenvalue weighted by Gasteiger charge is -2.37. The first-order chi connectivity index (χ1) is 16.1. The SMILES string of the molecule is O=C(C[C@H]1CC[C@@H](NC(=O)C2CCOCC2)[C@H](CO)O1)Nc1ccc(-c2ccccc2)cc1. The van der Waals surface area contributed by atoms with Gasteiger partial charge in [-0.15, -0.1) is 0 Å². The van der Waals surface area contributed by atoms with E-state index in [1.54, 1.807) is 0 Å². The van der Waals surface area contributed by atoms with Gasteiger partial charge < -0.3 is 25.2 Å². The normalized spacial score (nSPS) is 23.6. The zero-order valence-corrected chi connectivity index (χ0v) is 18.7. The maximum atomic E-state index is 12.6. The predicted molar refractivity (Wildman–Crippen MR) is 126 cm³/mol. The number of hydrogen-bond acceptors (Lipinski definition) is 5. The molecule has 2 aliphatic rings. The minimum Gasteiger partial charge on any atom is -0.394 e. The Morgan fingerprint density at radius 2 is 1.61 bits per heavy atom. The van der Waals surface area contributed by atoms with Gasteiger partial charge in [-0.1, -0.05) is 42.5 Å². The summed E-state index contributed by atoms with van der Waals surface area (Å²) < 4.78 is 11.3. The van der Waals surface area contributed by atoms with E-state index in [4.69, 9.17) is 9.47 Å². The Hall–Kier alpha value is -2.74. The number of hydrogen-bond donors (Lipinski definition) is 3. The van der Waals surface area contributed by atoms with Crippen molar-refractivity contribution in [3.63, 3.8) is 0 Å². The first-order valence-electron chi connectivity index (χ1n) is 11.7. The van der Waals surface area contributed by atoms with Crippen molar-refractivity contribution in [2.75, 3.05) is 25.1 Å². The summed E-state index contributed by atoms with van der Waals surface area (Å²) in [5, 5.41) is 15.8. The van der Waals surface area contributed by atoms with Gasteiger partial charge in [0.15, 0.2) is 0 Å². The number of benzene rings is 2. The third kappa shape index (κ3) is 6.41. The van der Waals surface area contributed by atoms with E-state index in [2.05, 4.69) is 10.6 Å². The Labute approximate surface area is 194 Å². The fourth-order valence-corrected chi connectivity index (χ4v) is 4.50. The summed E-state index contributed by atoms with van der Waals surface area (Å²) in [4.78, 5) is 25.1. The van der Waals surface area contributed by atoms with Crippen LogP contribution in [0.4, 0.5) is 5.69 Å². The van der Waals surface area contributed by atoms with E-state index < -0.39 is 6.10 Å². The second kappa shape index (κ2) is 11.4. The monoisotopic (exact) mass is 452 g/mol. The zero-order chi connectivity index (χ0) is 23.0. The topological polar surface area (TPSA) is 96.9 Å².